The van der Waals surface area contributed by atoms with E-state index in [0.717, 1.165) is 16.0 Å². The maximum Gasteiger partial charge on any atom is 0.251 e. The minimum absolute atomic E-state index is 0.0118. The van der Waals surface area contributed by atoms with Gasteiger partial charge in [-0.3, -0.25) is 9.59 Å². The molecule has 1 aromatic heterocycles. The average Bonchev–Trinajstić information content (AvgIpc) is 3.11. The molecular weight excluding hydrogens is 330 g/mol. The second-order valence-corrected chi connectivity index (χ2v) is 7.13. The molecule has 0 fully saturated rings. The summed E-state index contributed by atoms with van der Waals surface area (Å²) >= 11 is 1.42. The molecule has 1 N–H and O–H groups in total. The Bertz CT molecular complexity index is 913. The number of carbonyl (C=O) groups is 2. The molecule has 0 saturated carbocycles. The number of ketones is 1. The van der Waals surface area contributed by atoms with Crippen LogP contribution in [0.1, 0.15) is 41.6 Å². The molecule has 0 saturated heterocycles. The molecule has 25 heavy (non-hydrogen) atoms. The highest BCUT2D eigenvalue weighted by Gasteiger charge is 2.13. The number of hydrogen-bond acceptors (Lipinski definition) is 3. The molecule has 1 amide bonds. The van der Waals surface area contributed by atoms with Crippen LogP contribution >= 0.6 is 11.3 Å². The Morgan fingerprint density at radius 3 is 2.48 bits per heavy atom. The molecule has 4 heteroatoms. The summed E-state index contributed by atoms with van der Waals surface area (Å²) < 4.78 is 0. The molecule has 0 aliphatic rings. The smallest absolute Gasteiger partial charge is 0.251 e. The van der Waals surface area contributed by atoms with Crippen LogP contribution in [0, 0.1) is 13.8 Å². The third-order valence-corrected chi connectivity index (χ3v) is 5.07. The maximum atomic E-state index is 12.4. The lowest BCUT2D eigenvalue weighted by atomic mass is 10.1. The first-order chi connectivity index (χ1) is 12.0. The van der Waals surface area contributed by atoms with E-state index >= 15 is 0 Å². The van der Waals surface area contributed by atoms with E-state index in [0.29, 0.717) is 22.5 Å². The summed E-state index contributed by atoms with van der Waals surface area (Å²) in [5, 5.41) is 2.94. The zero-order valence-corrected chi connectivity index (χ0v) is 15.0. The number of nitrogens with one attached hydrogen (secondary N) is 1. The van der Waals surface area contributed by atoms with Crippen LogP contribution in [0.25, 0.3) is 0 Å². The lowest BCUT2D eigenvalue weighted by Gasteiger charge is -2.07. The Morgan fingerprint density at radius 1 is 0.960 bits per heavy atom. The Hall–Kier alpha value is -2.72. The van der Waals surface area contributed by atoms with Gasteiger partial charge in [-0.1, -0.05) is 48.0 Å². The van der Waals surface area contributed by atoms with Gasteiger partial charge in [0.25, 0.3) is 5.91 Å². The number of amides is 1. The number of aryl methyl sites for hydroxylation is 2. The molecule has 3 nitrogen and oxygen atoms in total. The molecule has 2 aromatic carbocycles. The molecule has 0 aliphatic heterocycles. The molecule has 0 bridgehead atoms. The van der Waals surface area contributed by atoms with Crippen LogP contribution < -0.4 is 5.32 Å². The van der Waals surface area contributed by atoms with Gasteiger partial charge < -0.3 is 5.32 Å². The highest BCUT2D eigenvalue weighted by atomic mass is 32.1. The summed E-state index contributed by atoms with van der Waals surface area (Å²) in [5.74, 6) is -0.0803. The molecular formula is C21H19NO2S. The molecule has 3 rings (SSSR count). The molecule has 0 unspecified atom stereocenters. The first-order valence-electron chi connectivity index (χ1n) is 8.08. The van der Waals surface area contributed by atoms with Crippen molar-refractivity contribution >= 4 is 23.0 Å². The summed E-state index contributed by atoms with van der Waals surface area (Å²) in [6, 6.07) is 18.8. The van der Waals surface area contributed by atoms with E-state index in [1.807, 2.05) is 74.5 Å². The van der Waals surface area contributed by atoms with E-state index in [1.165, 1.54) is 11.3 Å². The molecule has 0 spiro atoms. The van der Waals surface area contributed by atoms with E-state index in [1.54, 1.807) is 0 Å². The van der Waals surface area contributed by atoms with E-state index in [4.69, 9.17) is 0 Å². The lowest BCUT2D eigenvalue weighted by Crippen LogP contribution is -2.23. The van der Waals surface area contributed by atoms with Crippen LogP contribution in [0.4, 0.5) is 0 Å². The Morgan fingerprint density at radius 2 is 1.72 bits per heavy atom. The fourth-order valence-electron chi connectivity index (χ4n) is 2.57. The van der Waals surface area contributed by atoms with Gasteiger partial charge in [0.1, 0.15) is 0 Å². The van der Waals surface area contributed by atoms with Gasteiger partial charge in [0.2, 0.25) is 5.78 Å². The Labute approximate surface area is 151 Å². The number of benzene rings is 2. The van der Waals surface area contributed by atoms with Crippen molar-refractivity contribution in [1.82, 2.24) is 5.32 Å². The highest BCUT2D eigenvalue weighted by molar-refractivity contribution is 7.14. The molecule has 0 aliphatic carbocycles. The van der Waals surface area contributed by atoms with Gasteiger partial charge in [0.15, 0.2) is 0 Å². The number of rotatable bonds is 5. The monoisotopic (exact) mass is 349 g/mol. The van der Waals surface area contributed by atoms with E-state index < -0.39 is 0 Å². The van der Waals surface area contributed by atoms with Crippen LogP contribution in [0.15, 0.2) is 60.7 Å². The predicted octanol–water partition coefficient (Wildman–Crippen LogP) is 4.53. The Balaban J connectivity index is 1.67. The van der Waals surface area contributed by atoms with Crippen molar-refractivity contribution in [2.24, 2.45) is 0 Å². The summed E-state index contributed by atoms with van der Waals surface area (Å²) in [6.07, 6.45) is 0. The number of hydrogen-bond donors (Lipinski definition) is 1. The van der Waals surface area contributed by atoms with Crippen molar-refractivity contribution in [3.05, 3.63) is 92.7 Å². The molecule has 3 aromatic rings. The van der Waals surface area contributed by atoms with Gasteiger partial charge in [0.05, 0.1) is 11.4 Å². The van der Waals surface area contributed by atoms with Crippen molar-refractivity contribution in [3.8, 4) is 0 Å². The van der Waals surface area contributed by atoms with Crippen LogP contribution in [-0.2, 0) is 6.54 Å². The molecule has 0 atom stereocenters. The fraction of sp³-hybridized carbons (Fsp3) is 0.143. The second-order valence-electron chi connectivity index (χ2n) is 5.96. The van der Waals surface area contributed by atoms with Crippen molar-refractivity contribution < 1.29 is 9.59 Å². The van der Waals surface area contributed by atoms with Gasteiger partial charge in [-0.25, -0.2) is 0 Å². The normalized spacial score (nSPS) is 10.5. The van der Waals surface area contributed by atoms with Gasteiger partial charge >= 0.3 is 0 Å². The first-order valence-corrected chi connectivity index (χ1v) is 8.90. The van der Waals surface area contributed by atoms with E-state index in [9.17, 15) is 9.59 Å². The zero-order valence-electron chi connectivity index (χ0n) is 14.2. The number of thiophene rings is 1. The lowest BCUT2D eigenvalue weighted by molar-refractivity contribution is 0.0950. The minimum Gasteiger partial charge on any atom is -0.347 e. The summed E-state index contributed by atoms with van der Waals surface area (Å²) in [7, 11) is 0. The SMILES string of the molecule is Cc1ccc(C)c(C(=O)NCc2ccc(C(=O)c3ccccc3)s2)c1. The number of carbonyl (C=O) groups excluding carboxylic acids is 2. The van der Waals surface area contributed by atoms with Crippen molar-refractivity contribution in [3.63, 3.8) is 0 Å². The molecule has 1 heterocycles. The highest BCUT2D eigenvalue weighted by Crippen LogP contribution is 2.20. The van der Waals surface area contributed by atoms with Gasteiger partial charge in [-0.05, 0) is 37.6 Å². The maximum absolute atomic E-state index is 12.4. The quantitative estimate of drug-likeness (QED) is 0.688. The Kier molecular flexibility index (Phi) is 5.10. The van der Waals surface area contributed by atoms with Crippen molar-refractivity contribution in [1.29, 1.82) is 0 Å². The van der Waals surface area contributed by atoms with Gasteiger partial charge in [-0.15, -0.1) is 11.3 Å². The third kappa shape index (κ3) is 4.03. The first kappa shape index (κ1) is 17.1. The van der Waals surface area contributed by atoms with Crippen LogP contribution in [0.5, 0.6) is 0 Å². The fourth-order valence-corrected chi connectivity index (χ4v) is 3.48. The van der Waals surface area contributed by atoms with Gasteiger partial charge in [0, 0.05) is 16.0 Å². The van der Waals surface area contributed by atoms with Crippen molar-refractivity contribution in [2.75, 3.05) is 0 Å². The third-order valence-electron chi connectivity index (χ3n) is 3.98. The predicted molar refractivity (Wildman–Crippen MR) is 101 cm³/mol. The van der Waals surface area contributed by atoms with E-state index in [-0.39, 0.29) is 11.7 Å². The average molecular weight is 349 g/mol. The van der Waals surface area contributed by atoms with Crippen molar-refractivity contribution in [2.45, 2.75) is 20.4 Å². The summed E-state index contributed by atoms with van der Waals surface area (Å²) in [6.45, 7) is 4.31. The topological polar surface area (TPSA) is 46.2 Å². The second kappa shape index (κ2) is 7.45. The summed E-state index contributed by atoms with van der Waals surface area (Å²) in [5.41, 5.74) is 3.38. The van der Waals surface area contributed by atoms with Crippen LogP contribution in [0.2, 0.25) is 0 Å². The minimum atomic E-state index is -0.0921. The largest absolute Gasteiger partial charge is 0.347 e. The van der Waals surface area contributed by atoms with E-state index in [2.05, 4.69) is 5.32 Å². The molecule has 126 valence electrons. The van der Waals surface area contributed by atoms with Crippen LogP contribution in [0.3, 0.4) is 0 Å². The standard InChI is InChI=1S/C21H19NO2S/c1-14-8-9-15(2)18(12-14)21(24)22-13-17-10-11-19(25-17)20(23)16-6-4-3-5-7-16/h3-12H,13H2,1-2H3,(H,22,24). The molecule has 0 radical (unpaired) electrons. The van der Waals surface area contributed by atoms with Gasteiger partial charge in [-0.2, -0.15) is 0 Å². The van der Waals surface area contributed by atoms with Crippen LogP contribution in [-0.4, -0.2) is 11.7 Å². The zero-order chi connectivity index (χ0) is 17.8. The summed E-state index contributed by atoms with van der Waals surface area (Å²) in [4.78, 5) is 26.4.